The Hall–Kier alpha value is -1.72. The Balaban J connectivity index is 2.54. The van der Waals surface area contributed by atoms with Crippen molar-refractivity contribution in [2.24, 2.45) is 0 Å². The van der Waals surface area contributed by atoms with Crippen LogP contribution in [-0.2, 0) is 11.3 Å². The molecule has 0 saturated heterocycles. The Morgan fingerprint density at radius 3 is 2.67 bits per heavy atom. The summed E-state index contributed by atoms with van der Waals surface area (Å²) in [5.41, 5.74) is 7.21. The lowest BCUT2D eigenvalue weighted by molar-refractivity contribution is 0.185. The second-order valence-electron chi connectivity index (χ2n) is 3.69. The summed E-state index contributed by atoms with van der Waals surface area (Å²) in [7, 11) is 3.17. The monoisotopic (exact) mass is 268 g/mol. The van der Waals surface area contributed by atoms with Crippen LogP contribution in [0, 0.1) is 0 Å². The Morgan fingerprint density at radius 2 is 2.11 bits per heavy atom. The average Bonchev–Trinajstić information content (AvgIpc) is 2.78. The minimum absolute atomic E-state index is 0.320. The number of nitrogen functional groups attached to an aromatic ring is 1. The molecular formula is C12H13ClN2O3. The second kappa shape index (κ2) is 5.29. The quantitative estimate of drug-likeness (QED) is 0.923. The first kappa shape index (κ1) is 12.7. The molecule has 0 saturated carbocycles. The Bertz CT molecular complexity index is 554. The summed E-state index contributed by atoms with van der Waals surface area (Å²) in [4.78, 5) is 0. The molecule has 0 amide bonds. The van der Waals surface area contributed by atoms with Crippen molar-refractivity contribution in [1.82, 2.24) is 5.16 Å². The van der Waals surface area contributed by atoms with Gasteiger partial charge >= 0.3 is 0 Å². The maximum Gasteiger partial charge on any atom is 0.169 e. The Kier molecular flexibility index (Phi) is 3.74. The van der Waals surface area contributed by atoms with Crippen LogP contribution in [-0.4, -0.2) is 19.4 Å². The van der Waals surface area contributed by atoms with Gasteiger partial charge in [-0.1, -0.05) is 16.8 Å². The van der Waals surface area contributed by atoms with Gasteiger partial charge in [0.25, 0.3) is 0 Å². The summed E-state index contributed by atoms with van der Waals surface area (Å²) < 4.78 is 15.4. The third-order valence-corrected chi connectivity index (χ3v) is 2.77. The first-order valence-electron chi connectivity index (χ1n) is 5.23. The molecule has 5 nitrogen and oxygen atoms in total. The summed E-state index contributed by atoms with van der Waals surface area (Å²) in [5.74, 6) is 1.45. The molecule has 1 aromatic heterocycles. The molecule has 96 valence electrons. The maximum atomic E-state index is 6.10. The standard InChI is InChI=1S/C12H13ClN2O3/c1-16-6-7-3-11(17-2)9(13)4-8(7)10-5-12(14)15-18-10/h3-5H,6H2,1-2H3,(H2,14,15). The summed E-state index contributed by atoms with van der Waals surface area (Å²) in [6, 6.07) is 5.19. The Morgan fingerprint density at radius 1 is 1.33 bits per heavy atom. The van der Waals surface area contributed by atoms with Crippen molar-refractivity contribution in [3.63, 3.8) is 0 Å². The fourth-order valence-corrected chi connectivity index (χ4v) is 1.91. The predicted octanol–water partition coefficient (Wildman–Crippen LogP) is 2.73. The van der Waals surface area contributed by atoms with Crippen molar-refractivity contribution < 1.29 is 14.0 Å². The molecule has 0 aliphatic heterocycles. The number of nitrogens with zero attached hydrogens (tertiary/aromatic N) is 1. The van der Waals surface area contributed by atoms with Crippen LogP contribution >= 0.6 is 11.6 Å². The highest BCUT2D eigenvalue weighted by Gasteiger charge is 2.14. The highest BCUT2D eigenvalue weighted by Crippen LogP contribution is 2.34. The molecule has 0 aliphatic rings. The van der Waals surface area contributed by atoms with Crippen molar-refractivity contribution >= 4 is 17.4 Å². The molecule has 1 aromatic carbocycles. The van der Waals surface area contributed by atoms with Crippen molar-refractivity contribution in [3.8, 4) is 17.1 Å². The molecule has 0 atom stereocenters. The highest BCUT2D eigenvalue weighted by molar-refractivity contribution is 6.32. The number of anilines is 1. The smallest absolute Gasteiger partial charge is 0.169 e. The maximum absolute atomic E-state index is 6.10. The van der Waals surface area contributed by atoms with Gasteiger partial charge in [-0.05, 0) is 17.7 Å². The number of benzene rings is 1. The van der Waals surface area contributed by atoms with E-state index in [9.17, 15) is 0 Å². The van der Waals surface area contributed by atoms with Crippen LogP contribution in [0.4, 0.5) is 5.82 Å². The van der Waals surface area contributed by atoms with E-state index in [2.05, 4.69) is 5.16 Å². The molecule has 0 radical (unpaired) electrons. The number of ether oxygens (including phenoxy) is 2. The zero-order valence-corrected chi connectivity index (χ0v) is 10.8. The van der Waals surface area contributed by atoms with Crippen molar-refractivity contribution in [2.45, 2.75) is 6.61 Å². The minimum Gasteiger partial charge on any atom is -0.495 e. The van der Waals surface area contributed by atoms with E-state index in [4.69, 9.17) is 31.3 Å². The van der Waals surface area contributed by atoms with E-state index < -0.39 is 0 Å². The van der Waals surface area contributed by atoms with E-state index >= 15 is 0 Å². The fourth-order valence-electron chi connectivity index (χ4n) is 1.67. The van der Waals surface area contributed by atoms with E-state index in [0.717, 1.165) is 11.1 Å². The molecule has 18 heavy (non-hydrogen) atoms. The van der Waals surface area contributed by atoms with Gasteiger partial charge in [0.15, 0.2) is 11.6 Å². The van der Waals surface area contributed by atoms with E-state index in [1.54, 1.807) is 32.4 Å². The molecule has 0 spiro atoms. The van der Waals surface area contributed by atoms with E-state index in [1.165, 1.54) is 0 Å². The van der Waals surface area contributed by atoms with Crippen LogP contribution in [0.25, 0.3) is 11.3 Å². The SMILES string of the molecule is COCc1cc(OC)c(Cl)cc1-c1cc(N)no1. The average molecular weight is 269 g/mol. The lowest BCUT2D eigenvalue weighted by Crippen LogP contribution is -1.94. The van der Waals surface area contributed by atoms with Gasteiger partial charge in [-0.15, -0.1) is 0 Å². The second-order valence-corrected chi connectivity index (χ2v) is 4.10. The van der Waals surface area contributed by atoms with Crippen LogP contribution in [0.15, 0.2) is 22.7 Å². The number of halogens is 1. The van der Waals surface area contributed by atoms with Crippen LogP contribution in [0.2, 0.25) is 5.02 Å². The number of methoxy groups -OCH3 is 2. The van der Waals surface area contributed by atoms with E-state index in [0.29, 0.717) is 29.0 Å². The summed E-state index contributed by atoms with van der Waals surface area (Å²) >= 11 is 6.10. The molecule has 2 aromatic rings. The van der Waals surface area contributed by atoms with Gasteiger partial charge in [-0.3, -0.25) is 0 Å². The zero-order chi connectivity index (χ0) is 13.1. The number of rotatable bonds is 4. The first-order chi connectivity index (χ1) is 8.65. The van der Waals surface area contributed by atoms with Crippen molar-refractivity contribution in [1.29, 1.82) is 0 Å². The zero-order valence-electron chi connectivity index (χ0n) is 10.1. The van der Waals surface area contributed by atoms with Gasteiger partial charge in [-0.2, -0.15) is 0 Å². The number of hydrogen-bond acceptors (Lipinski definition) is 5. The first-order valence-corrected chi connectivity index (χ1v) is 5.61. The van der Waals surface area contributed by atoms with Gasteiger partial charge in [-0.25, -0.2) is 0 Å². The van der Waals surface area contributed by atoms with E-state index in [1.807, 2.05) is 0 Å². The van der Waals surface area contributed by atoms with Crippen LogP contribution < -0.4 is 10.5 Å². The summed E-state index contributed by atoms with van der Waals surface area (Å²) in [6.07, 6.45) is 0. The summed E-state index contributed by atoms with van der Waals surface area (Å²) in [5, 5.41) is 4.14. The number of nitrogens with two attached hydrogens (primary N) is 1. The normalized spacial score (nSPS) is 10.6. The van der Waals surface area contributed by atoms with Crippen LogP contribution in [0.1, 0.15) is 5.56 Å². The lowest BCUT2D eigenvalue weighted by atomic mass is 10.1. The molecule has 0 aliphatic carbocycles. The third kappa shape index (κ3) is 2.42. The topological polar surface area (TPSA) is 70.5 Å². The van der Waals surface area contributed by atoms with Gasteiger partial charge < -0.3 is 19.7 Å². The third-order valence-electron chi connectivity index (χ3n) is 2.47. The lowest BCUT2D eigenvalue weighted by Gasteiger charge is -2.10. The van der Waals surface area contributed by atoms with Gasteiger partial charge in [0, 0.05) is 18.7 Å². The van der Waals surface area contributed by atoms with Gasteiger partial charge in [0.05, 0.1) is 18.7 Å². The molecule has 2 rings (SSSR count). The number of hydrogen-bond donors (Lipinski definition) is 1. The van der Waals surface area contributed by atoms with E-state index in [-0.39, 0.29) is 0 Å². The predicted molar refractivity (Wildman–Crippen MR) is 68.6 cm³/mol. The van der Waals surface area contributed by atoms with Gasteiger partial charge in [0.2, 0.25) is 0 Å². The summed E-state index contributed by atoms with van der Waals surface area (Å²) in [6.45, 7) is 0.406. The Labute approximate surface area is 109 Å². The largest absolute Gasteiger partial charge is 0.495 e. The molecule has 2 N–H and O–H groups in total. The molecule has 0 unspecified atom stereocenters. The fraction of sp³-hybridized carbons (Fsp3) is 0.250. The number of aromatic nitrogens is 1. The molecule has 0 fully saturated rings. The molecule has 0 bridgehead atoms. The molecule has 6 heteroatoms. The minimum atomic E-state index is 0.320. The molecular weight excluding hydrogens is 256 g/mol. The van der Waals surface area contributed by atoms with Crippen LogP contribution in [0.3, 0.4) is 0 Å². The van der Waals surface area contributed by atoms with Crippen molar-refractivity contribution in [3.05, 3.63) is 28.8 Å². The highest BCUT2D eigenvalue weighted by atomic mass is 35.5. The van der Waals surface area contributed by atoms with Crippen molar-refractivity contribution in [2.75, 3.05) is 20.0 Å². The van der Waals surface area contributed by atoms with Gasteiger partial charge in [0.1, 0.15) is 5.75 Å². The van der Waals surface area contributed by atoms with Crippen LogP contribution in [0.5, 0.6) is 5.75 Å². The molecule has 1 heterocycles.